The molecule has 0 N–H and O–H groups in total. The molecule has 1 heterocycles. The number of likely N-dealkylation sites (N-methyl/N-ethyl adjacent to an activating group) is 1. The molecule has 22 heavy (non-hydrogen) atoms. The summed E-state index contributed by atoms with van der Waals surface area (Å²) in [5.74, 6) is 0.833. The average molecular weight is 301 g/mol. The molecular weight excluding hydrogens is 278 g/mol. The minimum atomic E-state index is -0.280. The van der Waals surface area contributed by atoms with E-state index < -0.39 is 0 Å². The van der Waals surface area contributed by atoms with Gasteiger partial charge in [-0.15, -0.1) is 0 Å². The maximum Gasteiger partial charge on any atom is 0.246 e. The van der Waals surface area contributed by atoms with Gasteiger partial charge in [-0.05, 0) is 31.0 Å². The van der Waals surface area contributed by atoms with Gasteiger partial charge in [-0.2, -0.15) is 5.10 Å². The number of hydrogen-bond acceptors (Lipinski definition) is 3. The summed E-state index contributed by atoms with van der Waals surface area (Å²) in [5.41, 5.74) is 2.81. The third-order valence-electron chi connectivity index (χ3n) is 3.71. The average Bonchev–Trinajstić information content (AvgIpc) is 2.89. The maximum atomic E-state index is 12.3. The number of carbonyl (C=O) groups is 1. The fraction of sp³-hybridized carbons (Fsp3) is 0.412. The molecule has 0 saturated carbocycles. The number of benzene rings is 1. The van der Waals surface area contributed by atoms with Crippen molar-refractivity contribution in [1.82, 2.24) is 14.7 Å². The predicted molar refractivity (Wildman–Crippen MR) is 87.0 cm³/mol. The van der Waals surface area contributed by atoms with Crippen LogP contribution in [-0.2, 0) is 4.79 Å². The van der Waals surface area contributed by atoms with Crippen molar-refractivity contribution in [2.75, 3.05) is 21.2 Å². The van der Waals surface area contributed by atoms with E-state index in [0.29, 0.717) is 6.42 Å². The number of hydrogen-bond donors (Lipinski definition) is 0. The predicted octanol–water partition coefficient (Wildman–Crippen LogP) is 2.91. The summed E-state index contributed by atoms with van der Waals surface area (Å²) < 4.78 is 7.18. The molecule has 2 rings (SSSR count). The second-order valence-corrected chi connectivity index (χ2v) is 5.50. The largest absolute Gasteiger partial charge is 0.496 e. The number of carbonyl (C=O) groups excluding carboxylic acids is 1. The standard InChI is InChI=1S/C17H23N3O2/c1-6-14(17(21)19(3)4)20-11-12(2)16(18-20)13-9-7-8-10-15(13)22-5/h7-11,14H,6H2,1-5H3. The first-order valence-corrected chi connectivity index (χ1v) is 7.39. The van der Waals surface area contributed by atoms with E-state index in [4.69, 9.17) is 4.74 Å². The van der Waals surface area contributed by atoms with Crippen LogP contribution in [0.3, 0.4) is 0 Å². The Morgan fingerprint density at radius 1 is 1.36 bits per heavy atom. The van der Waals surface area contributed by atoms with E-state index in [1.165, 1.54) is 0 Å². The van der Waals surface area contributed by atoms with Crippen LogP contribution in [0.15, 0.2) is 30.5 Å². The molecule has 0 radical (unpaired) electrons. The van der Waals surface area contributed by atoms with Gasteiger partial charge >= 0.3 is 0 Å². The van der Waals surface area contributed by atoms with Crippen molar-refractivity contribution in [3.05, 3.63) is 36.0 Å². The number of amides is 1. The van der Waals surface area contributed by atoms with E-state index in [9.17, 15) is 4.79 Å². The lowest BCUT2D eigenvalue weighted by molar-refractivity contribution is -0.132. The van der Waals surface area contributed by atoms with Crippen molar-refractivity contribution in [3.8, 4) is 17.0 Å². The molecule has 2 aromatic rings. The van der Waals surface area contributed by atoms with Crippen molar-refractivity contribution < 1.29 is 9.53 Å². The van der Waals surface area contributed by atoms with E-state index >= 15 is 0 Å². The van der Waals surface area contributed by atoms with Crippen molar-refractivity contribution in [2.45, 2.75) is 26.3 Å². The summed E-state index contributed by atoms with van der Waals surface area (Å²) in [4.78, 5) is 13.9. The van der Waals surface area contributed by atoms with Gasteiger partial charge < -0.3 is 9.64 Å². The number of ether oxygens (including phenoxy) is 1. The summed E-state index contributed by atoms with van der Waals surface area (Å²) in [6.45, 7) is 3.99. The quantitative estimate of drug-likeness (QED) is 0.853. The highest BCUT2D eigenvalue weighted by Crippen LogP contribution is 2.31. The van der Waals surface area contributed by atoms with Gasteiger partial charge in [0.05, 0.1) is 12.8 Å². The molecule has 0 saturated heterocycles. The number of para-hydroxylation sites is 1. The van der Waals surface area contributed by atoms with E-state index in [1.807, 2.05) is 44.3 Å². The second kappa shape index (κ2) is 6.64. The van der Waals surface area contributed by atoms with Gasteiger partial charge in [0.25, 0.3) is 0 Å². The van der Waals surface area contributed by atoms with Crippen molar-refractivity contribution in [1.29, 1.82) is 0 Å². The van der Waals surface area contributed by atoms with E-state index in [-0.39, 0.29) is 11.9 Å². The van der Waals surface area contributed by atoms with Gasteiger partial charge in [-0.25, -0.2) is 0 Å². The van der Waals surface area contributed by atoms with E-state index in [1.54, 1.807) is 30.8 Å². The smallest absolute Gasteiger partial charge is 0.246 e. The van der Waals surface area contributed by atoms with Crippen LogP contribution in [0.4, 0.5) is 0 Å². The molecule has 1 aromatic carbocycles. The van der Waals surface area contributed by atoms with Crippen molar-refractivity contribution in [2.24, 2.45) is 0 Å². The second-order valence-electron chi connectivity index (χ2n) is 5.50. The number of aromatic nitrogens is 2. The highest BCUT2D eigenvalue weighted by molar-refractivity contribution is 5.80. The first kappa shape index (κ1) is 16.1. The third kappa shape index (κ3) is 2.98. The highest BCUT2D eigenvalue weighted by Gasteiger charge is 2.23. The van der Waals surface area contributed by atoms with Crippen LogP contribution in [0.1, 0.15) is 24.9 Å². The Kier molecular flexibility index (Phi) is 4.85. The van der Waals surface area contributed by atoms with Crippen LogP contribution >= 0.6 is 0 Å². The van der Waals surface area contributed by atoms with Crippen LogP contribution in [0.5, 0.6) is 5.75 Å². The molecule has 0 aliphatic heterocycles. The molecule has 0 spiro atoms. The van der Waals surface area contributed by atoms with Crippen molar-refractivity contribution >= 4 is 5.91 Å². The zero-order valence-corrected chi connectivity index (χ0v) is 13.8. The molecule has 5 nitrogen and oxygen atoms in total. The Morgan fingerprint density at radius 3 is 2.64 bits per heavy atom. The lowest BCUT2D eigenvalue weighted by Gasteiger charge is -2.19. The molecule has 0 aliphatic rings. The number of methoxy groups -OCH3 is 1. The Labute approximate surface area is 131 Å². The minimum absolute atomic E-state index is 0.0524. The first-order chi connectivity index (χ1) is 10.5. The van der Waals surface area contributed by atoms with Gasteiger partial charge in [0.15, 0.2) is 0 Å². The van der Waals surface area contributed by atoms with Gasteiger partial charge in [-0.3, -0.25) is 9.48 Å². The topological polar surface area (TPSA) is 47.4 Å². The fourth-order valence-electron chi connectivity index (χ4n) is 2.52. The van der Waals surface area contributed by atoms with Crippen LogP contribution in [0.2, 0.25) is 0 Å². The Hall–Kier alpha value is -2.30. The van der Waals surface area contributed by atoms with Crippen LogP contribution in [0, 0.1) is 6.92 Å². The molecule has 1 atom stereocenters. The maximum absolute atomic E-state index is 12.3. The van der Waals surface area contributed by atoms with Crippen LogP contribution < -0.4 is 4.74 Å². The van der Waals surface area contributed by atoms with E-state index in [0.717, 1.165) is 22.6 Å². The Bertz CT molecular complexity index is 662. The zero-order valence-electron chi connectivity index (χ0n) is 13.8. The lowest BCUT2D eigenvalue weighted by Crippen LogP contribution is -2.31. The van der Waals surface area contributed by atoms with Gasteiger partial charge in [0.2, 0.25) is 5.91 Å². The molecule has 0 aliphatic carbocycles. The summed E-state index contributed by atoms with van der Waals surface area (Å²) >= 11 is 0. The molecule has 0 fully saturated rings. The molecule has 1 amide bonds. The van der Waals surface area contributed by atoms with E-state index in [2.05, 4.69) is 5.10 Å². The first-order valence-electron chi connectivity index (χ1n) is 7.39. The summed E-state index contributed by atoms with van der Waals surface area (Å²) in [7, 11) is 5.18. The zero-order chi connectivity index (χ0) is 16.3. The van der Waals surface area contributed by atoms with Gasteiger partial charge in [0, 0.05) is 25.9 Å². The van der Waals surface area contributed by atoms with Crippen LogP contribution in [0.25, 0.3) is 11.3 Å². The normalized spacial score (nSPS) is 12.0. The third-order valence-corrected chi connectivity index (χ3v) is 3.71. The Balaban J connectivity index is 2.45. The number of aryl methyl sites for hydroxylation is 1. The molecule has 1 aromatic heterocycles. The fourth-order valence-corrected chi connectivity index (χ4v) is 2.52. The molecule has 5 heteroatoms. The molecular formula is C17H23N3O2. The number of rotatable bonds is 5. The monoisotopic (exact) mass is 301 g/mol. The van der Waals surface area contributed by atoms with Crippen molar-refractivity contribution in [3.63, 3.8) is 0 Å². The van der Waals surface area contributed by atoms with Crippen LogP contribution in [-0.4, -0.2) is 41.8 Å². The van der Waals surface area contributed by atoms with Gasteiger partial charge in [-0.1, -0.05) is 19.1 Å². The lowest BCUT2D eigenvalue weighted by atomic mass is 10.1. The summed E-state index contributed by atoms with van der Waals surface area (Å²) in [6.07, 6.45) is 2.63. The molecule has 118 valence electrons. The number of nitrogens with zero attached hydrogens (tertiary/aromatic N) is 3. The highest BCUT2D eigenvalue weighted by atomic mass is 16.5. The Morgan fingerprint density at radius 2 is 2.05 bits per heavy atom. The minimum Gasteiger partial charge on any atom is -0.496 e. The van der Waals surface area contributed by atoms with Gasteiger partial charge in [0.1, 0.15) is 11.8 Å². The molecule has 0 bridgehead atoms. The summed E-state index contributed by atoms with van der Waals surface area (Å²) in [6, 6.07) is 7.50. The summed E-state index contributed by atoms with van der Waals surface area (Å²) in [5, 5.41) is 4.65. The SMILES string of the molecule is CCC(C(=O)N(C)C)n1cc(C)c(-c2ccccc2OC)n1. The molecule has 1 unspecified atom stereocenters.